The molecule has 0 fully saturated rings. The monoisotopic (exact) mass is 245 g/mol. The summed E-state index contributed by atoms with van der Waals surface area (Å²) in [6.45, 7) is 2.35. The minimum atomic E-state index is 0.351. The number of methoxy groups -OCH3 is 1. The Morgan fingerprint density at radius 3 is 2.69 bits per heavy atom. The van der Waals surface area contributed by atoms with Crippen molar-refractivity contribution in [3.63, 3.8) is 0 Å². The van der Waals surface area contributed by atoms with Gasteiger partial charge in [0, 0.05) is 5.56 Å². The van der Waals surface area contributed by atoms with E-state index in [9.17, 15) is 0 Å². The molecule has 0 aromatic heterocycles. The zero-order chi connectivity index (χ0) is 9.84. The largest absolute Gasteiger partial charge is 0.495 e. The first-order valence-electron chi connectivity index (χ1n) is 3.83. The van der Waals surface area contributed by atoms with Crippen LogP contribution in [0.4, 0.5) is 0 Å². The zero-order valence-electron chi connectivity index (χ0n) is 7.63. The summed E-state index contributed by atoms with van der Waals surface area (Å²) in [5.74, 6) is 5.79. The highest BCUT2D eigenvalue weighted by Crippen LogP contribution is 2.30. The molecule has 0 heterocycles. The summed E-state index contributed by atoms with van der Waals surface area (Å²) in [5, 5.41) is 0. The minimum Gasteiger partial charge on any atom is -0.495 e. The molecule has 13 heavy (non-hydrogen) atoms. The van der Waals surface area contributed by atoms with Crippen molar-refractivity contribution in [1.82, 2.24) is 0 Å². The van der Waals surface area contributed by atoms with Gasteiger partial charge >= 0.3 is 0 Å². The lowest BCUT2D eigenvalue weighted by Gasteiger charge is -2.10. The maximum atomic E-state index is 5.20. The summed E-state index contributed by atoms with van der Waals surface area (Å²) in [4.78, 5) is 4.58. The topological polar surface area (TPSA) is 44.5 Å². The lowest BCUT2D eigenvalue weighted by molar-refractivity contribution is 0.122. The fourth-order valence-corrected chi connectivity index (χ4v) is 2.00. The van der Waals surface area contributed by atoms with Crippen LogP contribution < -0.4 is 10.6 Å². The number of benzene rings is 1. The lowest BCUT2D eigenvalue weighted by Crippen LogP contribution is -2.02. The van der Waals surface area contributed by atoms with Gasteiger partial charge in [-0.25, -0.2) is 5.90 Å². The average molecular weight is 246 g/mol. The Bertz CT molecular complexity index is 302. The van der Waals surface area contributed by atoms with Crippen LogP contribution in [-0.2, 0) is 11.4 Å². The average Bonchev–Trinajstić information content (AvgIpc) is 2.04. The third kappa shape index (κ3) is 2.43. The van der Waals surface area contributed by atoms with Crippen molar-refractivity contribution in [2.45, 2.75) is 13.5 Å². The maximum absolute atomic E-state index is 5.20. The van der Waals surface area contributed by atoms with Crippen LogP contribution in [0.3, 0.4) is 0 Å². The van der Waals surface area contributed by atoms with Crippen molar-refractivity contribution in [1.29, 1.82) is 0 Å². The SMILES string of the molecule is COc1c(Br)cc(C)cc1CON. The van der Waals surface area contributed by atoms with E-state index in [-0.39, 0.29) is 0 Å². The highest BCUT2D eigenvalue weighted by Gasteiger charge is 2.07. The summed E-state index contributed by atoms with van der Waals surface area (Å²) in [6, 6.07) is 3.97. The minimum absolute atomic E-state index is 0.351. The fourth-order valence-electron chi connectivity index (χ4n) is 1.23. The maximum Gasteiger partial charge on any atom is 0.138 e. The summed E-state index contributed by atoms with van der Waals surface area (Å²) in [6.07, 6.45) is 0. The van der Waals surface area contributed by atoms with Gasteiger partial charge in [-0.3, -0.25) is 4.84 Å². The van der Waals surface area contributed by atoms with Gasteiger partial charge in [-0.1, -0.05) is 0 Å². The van der Waals surface area contributed by atoms with Gasteiger partial charge in [0.2, 0.25) is 0 Å². The van der Waals surface area contributed by atoms with Crippen LogP contribution in [0, 0.1) is 6.92 Å². The molecule has 0 aliphatic rings. The zero-order valence-corrected chi connectivity index (χ0v) is 9.22. The number of halogens is 1. The fraction of sp³-hybridized carbons (Fsp3) is 0.333. The molecule has 0 saturated heterocycles. The Balaban J connectivity index is 3.13. The number of nitrogens with two attached hydrogens (primary N) is 1. The molecular weight excluding hydrogens is 234 g/mol. The molecule has 0 spiro atoms. The Labute approximate surface area is 85.9 Å². The smallest absolute Gasteiger partial charge is 0.138 e. The first kappa shape index (κ1) is 10.5. The Hall–Kier alpha value is -0.580. The molecule has 1 aromatic rings. The standard InChI is InChI=1S/C9H12BrNO2/c1-6-3-7(5-13-11)9(12-2)8(10)4-6/h3-4H,5,11H2,1-2H3. The van der Waals surface area contributed by atoms with Crippen molar-refractivity contribution in [2.75, 3.05) is 7.11 Å². The van der Waals surface area contributed by atoms with E-state index in [1.54, 1.807) is 7.11 Å². The second-order valence-corrected chi connectivity index (χ2v) is 3.60. The summed E-state index contributed by atoms with van der Waals surface area (Å²) >= 11 is 3.41. The molecule has 72 valence electrons. The van der Waals surface area contributed by atoms with Crippen LogP contribution in [0.1, 0.15) is 11.1 Å². The molecule has 0 bridgehead atoms. The first-order valence-corrected chi connectivity index (χ1v) is 4.63. The van der Waals surface area contributed by atoms with E-state index in [4.69, 9.17) is 10.6 Å². The van der Waals surface area contributed by atoms with Gasteiger partial charge in [-0.15, -0.1) is 0 Å². The molecule has 3 nitrogen and oxygen atoms in total. The molecular formula is C9H12BrNO2. The van der Waals surface area contributed by atoms with E-state index in [0.29, 0.717) is 6.61 Å². The van der Waals surface area contributed by atoms with Crippen molar-refractivity contribution < 1.29 is 9.57 Å². The number of aryl methyl sites for hydroxylation is 1. The van der Waals surface area contributed by atoms with E-state index in [1.165, 1.54) is 0 Å². The molecule has 0 unspecified atom stereocenters. The third-order valence-electron chi connectivity index (χ3n) is 1.71. The van der Waals surface area contributed by atoms with Crippen molar-refractivity contribution in [2.24, 2.45) is 5.90 Å². The van der Waals surface area contributed by atoms with Crippen LogP contribution in [0.2, 0.25) is 0 Å². The predicted molar refractivity (Wildman–Crippen MR) is 54.4 cm³/mol. The Morgan fingerprint density at radius 2 is 2.15 bits per heavy atom. The van der Waals surface area contributed by atoms with Crippen LogP contribution in [0.15, 0.2) is 16.6 Å². The van der Waals surface area contributed by atoms with Crippen molar-refractivity contribution in [3.8, 4) is 5.75 Å². The normalized spacial score (nSPS) is 10.2. The van der Waals surface area contributed by atoms with Crippen LogP contribution in [0.5, 0.6) is 5.75 Å². The summed E-state index contributed by atoms with van der Waals surface area (Å²) in [7, 11) is 1.62. The summed E-state index contributed by atoms with van der Waals surface area (Å²) < 4.78 is 6.12. The van der Waals surface area contributed by atoms with Gasteiger partial charge in [0.15, 0.2) is 0 Å². The molecule has 1 aromatic carbocycles. The van der Waals surface area contributed by atoms with Gasteiger partial charge in [0.05, 0.1) is 18.2 Å². The molecule has 0 amide bonds. The molecule has 0 atom stereocenters. The molecule has 0 radical (unpaired) electrons. The van der Waals surface area contributed by atoms with Gasteiger partial charge < -0.3 is 4.74 Å². The molecule has 1 rings (SSSR count). The molecule has 0 saturated carbocycles. The second-order valence-electron chi connectivity index (χ2n) is 2.75. The third-order valence-corrected chi connectivity index (χ3v) is 2.30. The van der Waals surface area contributed by atoms with Gasteiger partial charge in [-0.05, 0) is 40.5 Å². The number of hydrogen-bond donors (Lipinski definition) is 1. The van der Waals surface area contributed by atoms with Crippen molar-refractivity contribution >= 4 is 15.9 Å². The van der Waals surface area contributed by atoms with E-state index >= 15 is 0 Å². The van der Waals surface area contributed by atoms with Gasteiger partial charge in [0.25, 0.3) is 0 Å². The number of ether oxygens (including phenoxy) is 1. The highest BCUT2D eigenvalue weighted by molar-refractivity contribution is 9.10. The van der Waals surface area contributed by atoms with Gasteiger partial charge in [0.1, 0.15) is 5.75 Å². The molecule has 4 heteroatoms. The van der Waals surface area contributed by atoms with Gasteiger partial charge in [-0.2, -0.15) is 0 Å². The molecule has 0 aliphatic carbocycles. The first-order chi connectivity index (χ1) is 6.19. The highest BCUT2D eigenvalue weighted by atomic mass is 79.9. The van der Waals surface area contributed by atoms with Crippen LogP contribution in [-0.4, -0.2) is 7.11 Å². The second kappa shape index (κ2) is 4.60. The number of rotatable bonds is 3. The quantitative estimate of drug-likeness (QED) is 0.831. The summed E-state index contributed by atoms with van der Waals surface area (Å²) in [5.41, 5.74) is 2.08. The predicted octanol–water partition coefficient (Wildman–Crippen LogP) is 2.16. The Morgan fingerprint density at radius 1 is 1.46 bits per heavy atom. The van der Waals surface area contributed by atoms with E-state index in [0.717, 1.165) is 21.3 Å². The molecule has 2 N–H and O–H groups in total. The van der Waals surface area contributed by atoms with Crippen molar-refractivity contribution in [3.05, 3.63) is 27.7 Å². The van der Waals surface area contributed by atoms with Crippen LogP contribution >= 0.6 is 15.9 Å². The lowest BCUT2D eigenvalue weighted by atomic mass is 10.1. The van der Waals surface area contributed by atoms with E-state index < -0.39 is 0 Å². The Kier molecular flexibility index (Phi) is 3.71. The number of hydrogen-bond acceptors (Lipinski definition) is 3. The molecule has 0 aliphatic heterocycles. The van der Waals surface area contributed by atoms with E-state index in [1.807, 2.05) is 19.1 Å². The van der Waals surface area contributed by atoms with Crippen LogP contribution in [0.25, 0.3) is 0 Å². The van der Waals surface area contributed by atoms with E-state index in [2.05, 4.69) is 20.8 Å².